The number of hydrogen-bond acceptors (Lipinski definition) is 2. The van der Waals surface area contributed by atoms with Crippen LogP contribution >= 0.6 is 0 Å². The molecule has 0 aliphatic rings. The molecular weight excluding hydrogens is 150 g/mol. The molecule has 2 heteroatoms. The molecule has 0 aromatic rings. The van der Waals surface area contributed by atoms with Gasteiger partial charge in [-0.3, -0.25) is 4.79 Å². The van der Waals surface area contributed by atoms with Gasteiger partial charge in [0.2, 0.25) is 0 Å². The van der Waals surface area contributed by atoms with E-state index in [0.29, 0.717) is 5.70 Å². The maximum Gasteiger partial charge on any atom is 0.175 e. The molecule has 2 N–H and O–H groups in total. The summed E-state index contributed by atoms with van der Waals surface area (Å²) in [6.45, 7) is 7.38. The first-order valence-corrected chi connectivity index (χ1v) is 4.15. The summed E-state index contributed by atoms with van der Waals surface area (Å²) in [5.74, 6) is -0.0589. The molecule has 0 atom stereocenters. The Balaban J connectivity index is 4.78. The summed E-state index contributed by atoms with van der Waals surface area (Å²) in [5, 5.41) is 0. The third-order valence-corrected chi connectivity index (χ3v) is 1.89. The summed E-state index contributed by atoms with van der Waals surface area (Å²) in [4.78, 5) is 10.9. The van der Waals surface area contributed by atoms with Crippen LogP contribution in [-0.2, 0) is 4.79 Å². The molecule has 12 heavy (non-hydrogen) atoms. The number of rotatable bonds is 3. The maximum absolute atomic E-state index is 10.9. The average molecular weight is 167 g/mol. The number of nitrogens with two attached hydrogens (primary N) is 1. The minimum absolute atomic E-state index is 0.0589. The van der Waals surface area contributed by atoms with Gasteiger partial charge in [0, 0.05) is 6.92 Å². The molecular formula is C10H17NO. The zero-order chi connectivity index (χ0) is 9.72. The lowest BCUT2D eigenvalue weighted by molar-refractivity contribution is -0.113. The molecule has 0 unspecified atom stereocenters. The minimum Gasteiger partial charge on any atom is -0.396 e. The van der Waals surface area contributed by atoms with E-state index >= 15 is 0 Å². The van der Waals surface area contributed by atoms with Crippen molar-refractivity contribution in [3.05, 3.63) is 22.9 Å². The fraction of sp³-hybridized carbons (Fsp3) is 0.500. The van der Waals surface area contributed by atoms with Gasteiger partial charge in [-0.2, -0.15) is 0 Å². The fourth-order valence-electron chi connectivity index (χ4n) is 0.936. The van der Waals surface area contributed by atoms with Gasteiger partial charge in [-0.15, -0.1) is 0 Å². The third-order valence-electron chi connectivity index (χ3n) is 1.89. The van der Waals surface area contributed by atoms with E-state index in [2.05, 4.69) is 13.0 Å². The zero-order valence-corrected chi connectivity index (χ0v) is 8.27. The van der Waals surface area contributed by atoms with E-state index in [4.69, 9.17) is 5.73 Å². The van der Waals surface area contributed by atoms with Crippen LogP contribution < -0.4 is 5.73 Å². The Kier molecular flexibility index (Phi) is 4.34. The van der Waals surface area contributed by atoms with Gasteiger partial charge in [0.05, 0.1) is 5.70 Å². The van der Waals surface area contributed by atoms with Crippen LogP contribution in [0.15, 0.2) is 22.9 Å². The molecule has 0 aromatic heterocycles. The molecule has 2 nitrogen and oxygen atoms in total. The first-order valence-electron chi connectivity index (χ1n) is 4.15. The highest BCUT2D eigenvalue weighted by atomic mass is 16.1. The van der Waals surface area contributed by atoms with Gasteiger partial charge in [-0.05, 0) is 25.8 Å². The summed E-state index contributed by atoms with van der Waals surface area (Å²) >= 11 is 0. The van der Waals surface area contributed by atoms with Crippen molar-refractivity contribution in [3.8, 4) is 0 Å². The van der Waals surface area contributed by atoms with Crippen LogP contribution in [0.1, 0.15) is 34.1 Å². The van der Waals surface area contributed by atoms with E-state index in [9.17, 15) is 4.79 Å². The SMILES string of the molecule is CC/C=C(C)/C(C)=C(\N)C(C)=O. The summed E-state index contributed by atoms with van der Waals surface area (Å²) in [5.41, 5.74) is 7.93. The van der Waals surface area contributed by atoms with Gasteiger partial charge in [0.25, 0.3) is 0 Å². The van der Waals surface area contributed by atoms with Crippen molar-refractivity contribution in [1.29, 1.82) is 0 Å². The van der Waals surface area contributed by atoms with Crippen molar-refractivity contribution >= 4 is 5.78 Å². The number of Topliss-reactive ketones (excluding diaryl/α,β-unsaturated/α-hetero) is 1. The smallest absolute Gasteiger partial charge is 0.175 e. The number of ketones is 1. The molecule has 0 amide bonds. The Bertz CT molecular complexity index is 236. The number of allylic oxidation sites excluding steroid dienone is 4. The van der Waals surface area contributed by atoms with Crippen molar-refractivity contribution in [2.75, 3.05) is 0 Å². The molecule has 0 radical (unpaired) electrons. The molecule has 0 bridgehead atoms. The number of hydrogen-bond donors (Lipinski definition) is 1. The number of carbonyl (C=O) groups excluding carboxylic acids is 1. The highest BCUT2D eigenvalue weighted by Crippen LogP contribution is 2.11. The quantitative estimate of drug-likeness (QED) is 0.517. The third kappa shape index (κ3) is 2.91. The van der Waals surface area contributed by atoms with Gasteiger partial charge in [-0.25, -0.2) is 0 Å². The largest absolute Gasteiger partial charge is 0.396 e. The van der Waals surface area contributed by atoms with Gasteiger partial charge in [0.15, 0.2) is 5.78 Å². The Morgan fingerprint density at radius 2 is 1.83 bits per heavy atom. The van der Waals surface area contributed by atoms with Crippen LogP contribution in [0.4, 0.5) is 0 Å². The summed E-state index contributed by atoms with van der Waals surface area (Å²) in [7, 11) is 0. The normalized spacial score (nSPS) is 14.2. The topological polar surface area (TPSA) is 43.1 Å². The van der Waals surface area contributed by atoms with Crippen LogP contribution in [0.25, 0.3) is 0 Å². The zero-order valence-electron chi connectivity index (χ0n) is 8.27. The van der Waals surface area contributed by atoms with Crippen molar-refractivity contribution in [1.82, 2.24) is 0 Å². The second-order valence-corrected chi connectivity index (χ2v) is 2.89. The molecule has 0 heterocycles. The minimum atomic E-state index is -0.0589. The van der Waals surface area contributed by atoms with Crippen LogP contribution in [0, 0.1) is 0 Å². The lowest BCUT2D eigenvalue weighted by Gasteiger charge is -2.04. The van der Waals surface area contributed by atoms with E-state index in [1.165, 1.54) is 6.92 Å². The monoisotopic (exact) mass is 167 g/mol. The number of carbonyl (C=O) groups is 1. The summed E-state index contributed by atoms with van der Waals surface area (Å²) in [6.07, 6.45) is 3.03. The van der Waals surface area contributed by atoms with Gasteiger partial charge < -0.3 is 5.73 Å². The predicted molar refractivity (Wildman–Crippen MR) is 51.6 cm³/mol. The second kappa shape index (κ2) is 4.75. The first-order chi connectivity index (χ1) is 5.50. The lowest BCUT2D eigenvalue weighted by Crippen LogP contribution is -2.10. The molecule has 0 aliphatic carbocycles. The molecule has 0 aliphatic heterocycles. The molecule has 0 spiro atoms. The Morgan fingerprint density at radius 3 is 2.17 bits per heavy atom. The lowest BCUT2D eigenvalue weighted by atomic mass is 10.0. The van der Waals surface area contributed by atoms with E-state index < -0.39 is 0 Å². The van der Waals surface area contributed by atoms with Crippen molar-refractivity contribution in [2.45, 2.75) is 34.1 Å². The van der Waals surface area contributed by atoms with Crippen LogP contribution in [0.2, 0.25) is 0 Å². The standard InChI is InChI=1S/C10H17NO/c1-5-6-7(2)8(3)10(11)9(4)12/h6H,5,11H2,1-4H3/b7-6+,10-8-. The Morgan fingerprint density at radius 1 is 1.33 bits per heavy atom. The maximum atomic E-state index is 10.9. The van der Waals surface area contributed by atoms with Gasteiger partial charge >= 0.3 is 0 Å². The molecule has 0 saturated carbocycles. The van der Waals surface area contributed by atoms with Crippen LogP contribution in [0.3, 0.4) is 0 Å². The molecule has 68 valence electrons. The van der Waals surface area contributed by atoms with Crippen molar-refractivity contribution in [2.24, 2.45) is 5.73 Å². The van der Waals surface area contributed by atoms with E-state index in [1.54, 1.807) is 0 Å². The summed E-state index contributed by atoms with van der Waals surface area (Å²) < 4.78 is 0. The van der Waals surface area contributed by atoms with E-state index in [0.717, 1.165) is 17.6 Å². The van der Waals surface area contributed by atoms with E-state index in [1.807, 2.05) is 13.8 Å². The second-order valence-electron chi connectivity index (χ2n) is 2.89. The average Bonchev–Trinajstić information content (AvgIpc) is 2.02. The summed E-state index contributed by atoms with van der Waals surface area (Å²) in [6, 6.07) is 0. The van der Waals surface area contributed by atoms with Gasteiger partial charge in [-0.1, -0.05) is 18.6 Å². The Labute approximate surface area is 74.1 Å². The highest BCUT2D eigenvalue weighted by Gasteiger charge is 2.03. The van der Waals surface area contributed by atoms with Gasteiger partial charge in [0.1, 0.15) is 0 Å². The Hall–Kier alpha value is -1.05. The van der Waals surface area contributed by atoms with Crippen LogP contribution in [0.5, 0.6) is 0 Å². The van der Waals surface area contributed by atoms with E-state index in [-0.39, 0.29) is 5.78 Å². The molecule has 0 fully saturated rings. The fourth-order valence-corrected chi connectivity index (χ4v) is 0.936. The van der Waals surface area contributed by atoms with Crippen LogP contribution in [-0.4, -0.2) is 5.78 Å². The van der Waals surface area contributed by atoms with Crippen molar-refractivity contribution in [3.63, 3.8) is 0 Å². The predicted octanol–water partition coefficient (Wildman–Crippen LogP) is 2.16. The highest BCUT2D eigenvalue weighted by molar-refractivity contribution is 5.93. The molecule has 0 saturated heterocycles. The molecule has 0 rings (SSSR count). The first kappa shape index (κ1) is 11.0. The molecule has 0 aromatic carbocycles. The van der Waals surface area contributed by atoms with Crippen molar-refractivity contribution < 1.29 is 4.79 Å².